The molecule has 0 aliphatic carbocycles. The number of halogens is 1. The predicted molar refractivity (Wildman–Crippen MR) is 92.6 cm³/mol. The maximum absolute atomic E-state index is 12.0. The van der Waals surface area contributed by atoms with Gasteiger partial charge in [0.15, 0.2) is 0 Å². The number of hydrogen-bond acceptors (Lipinski definition) is 5. The predicted octanol–water partition coefficient (Wildman–Crippen LogP) is 4.57. The fourth-order valence-electron chi connectivity index (χ4n) is 2.14. The summed E-state index contributed by atoms with van der Waals surface area (Å²) in [5, 5.41) is 4.44. The lowest BCUT2D eigenvalue weighted by Gasteiger charge is -2.07. The Balaban J connectivity index is 1.52. The number of aryl methyl sites for hydroxylation is 1. The smallest absolute Gasteiger partial charge is 0.338 e. The van der Waals surface area contributed by atoms with Crippen molar-refractivity contribution in [3.05, 3.63) is 82.2 Å². The molecule has 128 valence electrons. The molecule has 0 unspecified atom stereocenters. The summed E-state index contributed by atoms with van der Waals surface area (Å²) in [5.74, 6) is 0.998. The van der Waals surface area contributed by atoms with Crippen LogP contribution in [0.3, 0.4) is 0 Å². The highest BCUT2D eigenvalue weighted by Crippen LogP contribution is 2.17. The molecule has 0 atom stereocenters. The van der Waals surface area contributed by atoms with Gasteiger partial charge in [-0.3, -0.25) is 0 Å². The Labute approximate surface area is 150 Å². The zero-order valence-corrected chi connectivity index (χ0v) is 14.3. The number of rotatable bonds is 6. The van der Waals surface area contributed by atoms with Crippen molar-refractivity contribution < 1.29 is 18.8 Å². The molecule has 0 aliphatic heterocycles. The molecular weight excluding hydrogens is 342 g/mol. The number of nitrogens with zero attached hydrogens (tertiary/aromatic N) is 1. The molecule has 0 spiro atoms. The van der Waals surface area contributed by atoms with Crippen LogP contribution in [0, 0.1) is 6.92 Å². The Kier molecular flexibility index (Phi) is 5.36. The van der Waals surface area contributed by atoms with Gasteiger partial charge in [0, 0.05) is 11.1 Å². The Hall–Kier alpha value is -2.79. The number of ether oxygens (including phenoxy) is 2. The minimum absolute atomic E-state index is 0.0810. The Bertz CT molecular complexity index is 841. The van der Waals surface area contributed by atoms with Crippen LogP contribution in [-0.2, 0) is 18.0 Å². The lowest BCUT2D eigenvalue weighted by molar-refractivity contribution is 0.0464. The summed E-state index contributed by atoms with van der Waals surface area (Å²) in [5.41, 5.74) is 1.99. The number of esters is 1. The molecule has 6 heteroatoms. The van der Waals surface area contributed by atoms with E-state index in [1.165, 1.54) is 0 Å². The standard InChI is InChI=1S/C19H16ClNO4/c1-13-10-17(21-25-13)12-24-19(22)15-4-2-14(3-5-15)11-23-18-8-6-16(20)7-9-18/h2-10H,11-12H2,1H3. The second-order valence-electron chi connectivity index (χ2n) is 5.44. The maximum atomic E-state index is 12.0. The third-order valence-electron chi connectivity index (χ3n) is 3.44. The lowest BCUT2D eigenvalue weighted by atomic mass is 10.1. The molecule has 3 rings (SSSR count). The van der Waals surface area contributed by atoms with Crippen molar-refractivity contribution in [2.75, 3.05) is 0 Å². The minimum atomic E-state index is -0.411. The van der Waals surface area contributed by atoms with Gasteiger partial charge >= 0.3 is 5.97 Å². The summed E-state index contributed by atoms with van der Waals surface area (Å²) in [6.07, 6.45) is 0. The van der Waals surface area contributed by atoms with Crippen molar-refractivity contribution >= 4 is 17.6 Å². The van der Waals surface area contributed by atoms with E-state index in [9.17, 15) is 4.79 Å². The molecule has 0 aliphatic rings. The third kappa shape index (κ3) is 4.84. The van der Waals surface area contributed by atoms with Crippen molar-refractivity contribution in [3.63, 3.8) is 0 Å². The van der Waals surface area contributed by atoms with Crippen LogP contribution in [0.5, 0.6) is 5.75 Å². The van der Waals surface area contributed by atoms with Crippen LogP contribution in [-0.4, -0.2) is 11.1 Å². The number of aromatic nitrogens is 1. The van der Waals surface area contributed by atoms with Crippen LogP contribution in [0.4, 0.5) is 0 Å². The van der Waals surface area contributed by atoms with Crippen molar-refractivity contribution in [1.29, 1.82) is 0 Å². The van der Waals surface area contributed by atoms with Gasteiger partial charge in [0.05, 0.1) is 5.56 Å². The van der Waals surface area contributed by atoms with Gasteiger partial charge in [-0.2, -0.15) is 0 Å². The summed E-state index contributed by atoms with van der Waals surface area (Å²) < 4.78 is 15.8. The summed E-state index contributed by atoms with van der Waals surface area (Å²) in [4.78, 5) is 12.0. The summed E-state index contributed by atoms with van der Waals surface area (Å²) in [6, 6.07) is 15.9. The molecule has 0 amide bonds. The van der Waals surface area contributed by atoms with E-state index in [4.69, 9.17) is 25.6 Å². The molecule has 0 saturated carbocycles. The van der Waals surface area contributed by atoms with Gasteiger partial charge < -0.3 is 14.0 Å². The largest absolute Gasteiger partial charge is 0.489 e. The van der Waals surface area contributed by atoms with E-state index in [1.807, 2.05) is 12.1 Å². The van der Waals surface area contributed by atoms with Crippen LogP contribution in [0.2, 0.25) is 5.02 Å². The SMILES string of the molecule is Cc1cc(COC(=O)c2ccc(COc3ccc(Cl)cc3)cc2)no1. The molecule has 1 heterocycles. The van der Waals surface area contributed by atoms with Gasteiger partial charge in [-0.1, -0.05) is 28.9 Å². The molecule has 25 heavy (non-hydrogen) atoms. The van der Waals surface area contributed by atoms with Gasteiger partial charge in [-0.05, 0) is 48.9 Å². The van der Waals surface area contributed by atoms with Crippen LogP contribution >= 0.6 is 11.6 Å². The topological polar surface area (TPSA) is 61.6 Å². The van der Waals surface area contributed by atoms with Gasteiger partial charge in [0.2, 0.25) is 0 Å². The summed E-state index contributed by atoms with van der Waals surface area (Å²) in [6.45, 7) is 2.26. The fraction of sp³-hybridized carbons (Fsp3) is 0.158. The summed E-state index contributed by atoms with van der Waals surface area (Å²) in [7, 11) is 0. The number of hydrogen-bond donors (Lipinski definition) is 0. The van der Waals surface area contributed by atoms with Crippen molar-refractivity contribution in [2.45, 2.75) is 20.1 Å². The van der Waals surface area contributed by atoms with Gasteiger partial charge in [0.1, 0.15) is 30.4 Å². The van der Waals surface area contributed by atoms with E-state index < -0.39 is 5.97 Å². The van der Waals surface area contributed by atoms with Crippen molar-refractivity contribution in [3.8, 4) is 5.75 Å². The normalized spacial score (nSPS) is 10.5. The van der Waals surface area contributed by atoms with Crippen LogP contribution < -0.4 is 4.74 Å². The Morgan fingerprint density at radius 3 is 2.44 bits per heavy atom. The first-order chi connectivity index (χ1) is 12.1. The Morgan fingerprint density at radius 2 is 1.80 bits per heavy atom. The van der Waals surface area contributed by atoms with Gasteiger partial charge in [0.25, 0.3) is 0 Å². The molecule has 0 bridgehead atoms. The number of carbonyl (C=O) groups excluding carboxylic acids is 1. The molecule has 0 saturated heterocycles. The van der Waals surface area contributed by atoms with Crippen molar-refractivity contribution in [1.82, 2.24) is 5.16 Å². The Morgan fingerprint density at radius 1 is 1.08 bits per heavy atom. The average molecular weight is 358 g/mol. The molecule has 1 aromatic heterocycles. The number of benzene rings is 2. The zero-order chi connectivity index (χ0) is 17.6. The van der Waals surface area contributed by atoms with E-state index >= 15 is 0 Å². The molecule has 2 aromatic carbocycles. The lowest BCUT2D eigenvalue weighted by Crippen LogP contribution is -2.05. The van der Waals surface area contributed by atoms with E-state index in [0.717, 1.165) is 11.3 Å². The molecule has 5 nitrogen and oxygen atoms in total. The van der Waals surface area contributed by atoms with E-state index in [1.54, 1.807) is 49.4 Å². The monoisotopic (exact) mass is 357 g/mol. The van der Waals surface area contributed by atoms with Gasteiger partial charge in [-0.15, -0.1) is 0 Å². The summed E-state index contributed by atoms with van der Waals surface area (Å²) >= 11 is 5.83. The first kappa shape index (κ1) is 17.0. The van der Waals surface area contributed by atoms with E-state index in [-0.39, 0.29) is 6.61 Å². The van der Waals surface area contributed by atoms with E-state index in [0.29, 0.717) is 28.6 Å². The second-order valence-corrected chi connectivity index (χ2v) is 5.88. The second kappa shape index (κ2) is 7.85. The average Bonchev–Trinajstić information content (AvgIpc) is 3.05. The third-order valence-corrected chi connectivity index (χ3v) is 3.69. The molecule has 3 aromatic rings. The quantitative estimate of drug-likeness (QED) is 0.604. The highest BCUT2D eigenvalue weighted by molar-refractivity contribution is 6.30. The van der Waals surface area contributed by atoms with E-state index in [2.05, 4.69) is 5.16 Å². The highest BCUT2D eigenvalue weighted by atomic mass is 35.5. The molecule has 0 radical (unpaired) electrons. The maximum Gasteiger partial charge on any atom is 0.338 e. The zero-order valence-electron chi connectivity index (χ0n) is 13.6. The van der Waals surface area contributed by atoms with Crippen molar-refractivity contribution in [2.24, 2.45) is 0 Å². The first-order valence-electron chi connectivity index (χ1n) is 7.67. The molecular formula is C19H16ClNO4. The molecule has 0 N–H and O–H groups in total. The van der Waals surface area contributed by atoms with Gasteiger partial charge in [-0.25, -0.2) is 4.79 Å². The first-order valence-corrected chi connectivity index (χ1v) is 8.04. The van der Waals surface area contributed by atoms with Crippen LogP contribution in [0.15, 0.2) is 59.1 Å². The minimum Gasteiger partial charge on any atom is -0.489 e. The highest BCUT2D eigenvalue weighted by Gasteiger charge is 2.09. The fourth-order valence-corrected chi connectivity index (χ4v) is 2.27. The number of carbonyl (C=O) groups is 1. The molecule has 0 fully saturated rings. The van der Waals surface area contributed by atoms with Crippen LogP contribution in [0.25, 0.3) is 0 Å². The van der Waals surface area contributed by atoms with Crippen LogP contribution in [0.1, 0.15) is 27.4 Å².